The third-order valence-corrected chi connectivity index (χ3v) is 5.22. The highest BCUT2D eigenvalue weighted by molar-refractivity contribution is 9.10. The molecule has 0 aromatic heterocycles. The van der Waals surface area contributed by atoms with Crippen LogP contribution in [0.1, 0.15) is 23.6 Å². The number of hydrogen-bond acceptors (Lipinski definition) is 4. The first-order valence-electron chi connectivity index (χ1n) is 8.45. The molecule has 1 atom stereocenters. The van der Waals surface area contributed by atoms with E-state index in [1.165, 1.54) is 0 Å². The molecule has 1 saturated heterocycles. The molecule has 1 aliphatic rings. The van der Waals surface area contributed by atoms with Crippen LogP contribution in [-0.2, 0) is 15.1 Å². The minimum Gasteiger partial charge on any atom is -0.323 e. The molecule has 0 spiro atoms. The van der Waals surface area contributed by atoms with Gasteiger partial charge in [-0.05, 0) is 65.2 Å². The van der Waals surface area contributed by atoms with E-state index in [-0.39, 0.29) is 0 Å². The van der Waals surface area contributed by atoms with Crippen molar-refractivity contribution in [3.05, 3.63) is 63.6 Å². The number of anilines is 1. The molecule has 1 unspecified atom stereocenters. The molecule has 2 N–H and O–H groups in total. The summed E-state index contributed by atoms with van der Waals surface area (Å²) in [4.78, 5) is 38.5. The number of imide groups is 1. The average Bonchev–Trinajstić information content (AvgIpc) is 2.88. The van der Waals surface area contributed by atoms with Gasteiger partial charge < -0.3 is 10.6 Å². The third kappa shape index (κ3) is 3.62. The first-order chi connectivity index (χ1) is 13.2. The van der Waals surface area contributed by atoms with Crippen LogP contribution < -0.4 is 10.6 Å². The predicted molar refractivity (Wildman–Crippen MR) is 106 cm³/mol. The molecule has 2 aromatic rings. The first kappa shape index (κ1) is 19.6. The second kappa shape index (κ2) is 7.44. The summed E-state index contributed by atoms with van der Waals surface area (Å²) in [6.45, 7) is 3.09. The van der Waals surface area contributed by atoms with Gasteiger partial charge in [0.15, 0.2) is 0 Å². The minimum absolute atomic E-state index is 0.406. The van der Waals surface area contributed by atoms with E-state index >= 15 is 0 Å². The van der Waals surface area contributed by atoms with Crippen molar-refractivity contribution in [1.29, 1.82) is 5.26 Å². The lowest BCUT2D eigenvalue weighted by atomic mass is 9.91. The Hall–Kier alpha value is -3.18. The first-order valence-corrected chi connectivity index (χ1v) is 9.24. The van der Waals surface area contributed by atoms with E-state index in [0.717, 1.165) is 10.5 Å². The smallest absolute Gasteiger partial charge is 0.323 e. The van der Waals surface area contributed by atoms with Gasteiger partial charge in [0.2, 0.25) is 5.91 Å². The lowest BCUT2D eigenvalue weighted by Gasteiger charge is -2.22. The minimum atomic E-state index is -1.30. The molecule has 7 nitrogen and oxygen atoms in total. The van der Waals surface area contributed by atoms with Gasteiger partial charge in [-0.1, -0.05) is 18.2 Å². The molecule has 8 heteroatoms. The zero-order valence-corrected chi connectivity index (χ0v) is 16.8. The van der Waals surface area contributed by atoms with E-state index in [1.807, 2.05) is 25.1 Å². The van der Waals surface area contributed by atoms with Crippen molar-refractivity contribution in [1.82, 2.24) is 10.2 Å². The summed E-state index contributed by atoms with van der Waals surface area (Å²) < 4.78 is 0.709. The Morgan fingerprint density at radius 2 is 1.93 bits per heavy atom. The number of amides is 4. The topological polar surface area (TPSA) is 102 Å². The quantitative estimate of drug-likeness (QED) is 0.712. The highest BCUT2D eigenvalue weighted by Crippen LogP contribution is 2.29. The van der Waals surface area contributed by atoms with Gasteiger partial charge in [-0.2, -0.15) is 5.26 Å². The summed E-state index contributed by atoms with van der Waals surface area (Å²) >= 11 is 3.37. The summed E-state index contributed by atoms with van der Waals surface area (Å²) in [7, 11) is 0. The van der Waals surface area contributed by atoms with Crippen molar-refractivity contribution < 1.29 is 14.4 Å². The van der Waals surface area contributed by atoms with Gasteiger partial charge in [0.1, 0.15) is 12.1 Å². The number of hydrogen-bond donors (Lipinski definition) is 2. The van der Waals surface area contributed by atoms with Gasteiger partial charge >= 0.3 is 6.03 Å². The van der Waals surface area contributed by atoms with Crippen molar-refractivity contribution in [2.24, 2.45) is 0 Å². The van der Waals surface area contributed by atoms with Crippen LogP contribution >= 0.6 is 15.9 Å². The normalized spacial score (nSPS) is 18.6. The van der Waals surface area contributed by atoms with Gasteiger partial charge in [0.05, 0.1) is 17.3 Å². The number of benzene rings is 2. The third-order valence-electron chi connectivity index (χ3n) is 4.57. The standard InChI is InChI=1S/C20H17BrN4O3/c1-12-3-8-16(15(21)9-12)23-17(26)11-25-18(27)20(2,24-19(25)28)14-6-4-13(10-22)5-7-14/h3-9H,11H2,1-2H3,(H,23,26)(H,24,28). The lowest BCUT2D eigenvalue weighted by molar-refractivity contribution is -0.133. The van der Waals surface area contributed by atoms with Crippen molar-refractivity contribution in [3.8, 4) is 6.07 Å². The number of urea groups is 1. The van der Waals surface area contributed by atoms with Crippen LogP contribution in [0.25, 0.3) is 0 Å². The number of carbonyl (C=O) groups excluding carboxylic acids is 3. The Kier molecular flexibility index (Phi) is 5.21. The maximum atomic E-state index is 12.9. The fourth-order valence-corrected chi connectivity index (χ4v) is 3.56. The van der Waals surface area contributed by atoms with Crippen molar-refractivity contribution in [2.75, 3.05) is 11.9 Å². The number of nitrogens with one attached hydrogen (secondary N) is 2. The fraction of sp³-hybridized carbons (Fsp3) is 0.200. The SMILES string of the molecule is Cc1ccc(NC(=O)CN2C(=O)NC(C)(c3ccc(C#N)cc3)C2=O)c(Br)c1. The molecule has 1 fully saturated rings. The van der Waals surface area contributed by atoms with Crippen LogP contribution in [0, 0.1) is 18.3 Å². The number of rotatable bonds is 4. The molecule has 0 saturated carbocycles. The maximum absolute atomic E-state index is 12.9. The van der Waals surface area contributed by atoms with Crippen molar-refractivity contribution in [3.63, 3.8) is 0 Å². The molecular formula is C20H17BrN4O3. The number of halogens is 1. The van der Waals surface area contributed by atoms with E-state index in [4.69, 9.17) is 5.26 Å². The number of nitrogens with zero attached hydrogens (tertiary/aromatic N) is 2. The van der Waals surface area contributed by atoms with Gasteiger partial charge in [0.25, 0.3) is 5.91 Å². The largest absolute Gasteiger partial charge is 0.325 e. The number of aryl methyl sites for hydroxylation is 1. The molecule has 1 heterocycles. The Labute approximate surface area is 170 Å². The summed E-state index contributed by atoms with van der Waals surface area (Å²) in [5, 5.41) is 14.2. The number of carbonyl (C=O) groups is 3. The van der Waals surface area contributed by atoms with E-state index in [0.29, 0.717) is 21.3 Å². The summed E-state index contributed by atoms with van der Waals surface area (Å²) in [6, 6.07) is 13.2. The Balaban J connectivity index is 1.76. The summed E-state index contributed by atoms with van der Waals surface area (Å²) in [5.74, 6) is -1.02. The summed E-state index contributed by atoms with van der Waals surface area (Å²) in [6.07, 6.45) is 0. The molecule has 4 amide bonds. The molecule has 2 aromatic carbocycles. The molecule has 0 aliphatic carbocycles. The second-order valence-corrected chi connectivity index (χ2v) is 7.52. The van der Waals surface area contributed by atoms with E-state index < -0.39 is 29.9 Å². The van der Waals surface area contributed by atoms with E-state index in [9.17, 15) is 14.4 Å². The van der Waals surface area contributed by atoms with Crippen LogP contribution in [0.2, 0.25) is 0 Å². The molecule has 3 rings (SSSR count). The zero-order valence-electron chi connectivity index (χ0n) is 15.2. The molecular weight excluding hydrogens is 424 g/mol. The van der Waals surface area contributed by atoms with Gasteiger partial charge in [-0.25, -0.2) is 4.79 Å². The van der Waals surface area contributed by atoms with Crippen LogP contribution in [0.4, 0.5) is 10.5 Å². The Morgan fingerprint density at radius 1 is 1.25 bits per heavy atom. The summed E-state index contributed by atoms with van der Waals surface area (Å²) in [5.41, 5.74) is 1.27. The van der Waals surface area contributed by atoms with Crippen LogP contribution in [0.3, 0.4) is 0 Å². The van der Waals surface area contributed by atoms with E-state index in [1.54, 1.807) is 37.3 Å². The molecule has 142 valence electrons. The maximum Gasteiger partial charge on any atom is 0.325 e. The van der Waals surface area contributed by atoms with Crippen molar-refractivity contribution >= 4 is 39.5 Å². The lowest BCUT2D eigenvalue weighted by Crippen LogP contribution is -2.42. The monoisotopic (exact) mass is 440 g/mol. The average molecular weight is 441 g/mol. The molecule has 0 bridgehead atoms. The van der Waals surface area contributed by atoms with Gasteiger partial charge in [0, 0.05) is 4.47 Å². The van der Waals surface area contributed by atoms with Crippen LogP contribution in [0.15, 0.2) is 46.9 Å². The van der Waals surface area contributed by atoms with Gasteiger partial charge in [-0.3, -0.25) is 14.5 Å². The predicted octanol–water partition coefficient (Wildman–Crippen LogP) is 3.03. The Morgan fingerprint density at radius 3 is 2.54 bits per heavy atom. The van der Waals surface area contributed by atoms with Crippen LogP contribution in [0.5, 0.6) is 0 Å². The highest BCUT2D eigenvalue weighted by Gasteiger charge is 2.49. The zero-order chi connectivity index (χ0) is 20.5. The van der Waals surface area contributed by atoms with Gasteiger partial charge in [-0.15, -0.1) is 0 Å². The van der Waals surface area contributed by atoms with E-state index in [2.05, 4.69) is 26.6 Å². The Bertz CT molecular complexity index is 1010. The fourth-order valence-electron chi connectivity index (χ4n) is 2.97. The van der Waals surface area contributed by atoms with Crippen LogP contribution in [-0.4, -0.2) is 29.3 Å². The number of nitriles is 1. The second-order valence-electron chi connectivity index (χ2n) is 6.67. The highest BCUT2D eigenvalue weighted by atomic mass is 79.9. The molecule has 0 radical (unpaired) electrons. The van der Waals surface area contributed by atoms with Crippen molar-refractivity contribution in [2.45, 2.75) is 19.4 Å². The molecule has 28 heavy (non-hydrogen) atoms. The molecule has 1 aliphatic heterocycles.